The highest BCUT2D eigenvalue weighted by Gasteiger charge is 2.16. The number of ether oxygens (including phenoxy) is 2. The van der Waals surface area contributed by atoms with Gasteiger partial charge in [-0.05, 0) is 61.6 Å². The van der Waals surface area contributed by atoms with Gasteiger partial charge in [0, 0.05) is 6.54 Å². The summed E-state index contributed by atoms with van der Waals surface area (Å²) in [5.41, 5.74) is 4.02. The lowest BCUT2D eigenvalue weighted by Crippen LogP contribution is -2.15. The maximum absolute atomic E-state index is 12.5. The molecule has 176 valence electrons. The van der Waals surface area contributed by atoms with Gasteiger partial charge in [0.1, 0.15) is 18.1 Å². The molecule has 1 amide bonds. The summed E-state index contributed by atoms with van der Waals surface area (Å²) in [6.07, 6.45) is 0. The molecule has 0 spiro atoms. The summed E-state index contributed by atoms with van der Waals surface area (Å²) in [6.45, 7) is 11.4. The molecule has 0 saturated heterocycles. The van der Waals surface area contributed by atoms with Crippen LogP contribution < -0.4 is 14.8 Å². The minimum Gasteiger partial charge on any atom is -0.495 e. The van der Waals surface area contributed by atoms with Gasteiger partial charge in [0.15, 0.2) is 11.0 Å². The first-order valence-electron chi connectivity index (χ1n) is 11.0. The van der Waals surface area contributed by atoms with Crippen LogP contribution in [0.1, 0.15) is 49.2 Å². The fourth-order valence-corrected chi connectivity index (χ4v) is 4.29. The molecule has 1 aromatic heterocycles. The normalized spacial score (nSPS) is 11.0. The molecule has 0 radical (unpaired) electrons. The van der Waals surface area contributed by atoms with Crippen molar-refractivity contribution < 1.29 is 14.3 Å². The number of methoxy groups -OCH3 is 1. The molecule has 8 heteroatoms. The van der Waals surface area contributed by atoms with Gasteiger partial charge in [0.25, 0.3) is 0 Å². The Kier molecular flexibility index (Phi) is 8.38. The van der Waals surface area contributed by atoms with E-state index in [0.29, 0.717) is 35.7 Å². The monoisotopic (exact) mass is 468 g/mol. The lowest BCUT2D eigenvalue weighted by atomic mass is 10.0. The van der Waals surface area contributed by atoms with Crippen LogP contribution in [0.3, 0.4) is 0 Å². The minimum atomic E-state index is -0.131. The van der Waals surface area contributed by atoms with Crippen LogP contribution in [0.2, 0.25) is 0 Å². The number of rotatable bonds is 10. The number of benzene rings is 2. The van der Waals surface area contributed by atoms with Gasteiger partial charge in [0.2, 0.25) is 5.91 Å². The first-order chi connectivity index (χ1) is 15.8. The molecular formula is C25H32N4O3S. The molecule has 7 nitrogen and oxygen atoms in total. The third-order valence-electron chi connectivity index (χ3n) is 5.22. The molecule has 0 aliphatic rings. The Morgan fingerprint density at radius 3 is 2.52 bits per heavy atom. The van der Waals surface area contributed by atoms with Crippen LogP contribution in [0.5, 0.6) is 11.5 Å². The van der Waals surface area contributed by atoms with Gasteiger partial charge in [-0.2, -0.15) is 0 Å². The van der Waals surface area contributed by atoms with Crippen molar-refractivity contribution >= 4 is 23.4 Å². The lowest BCUT2D eigenvalue weighted by molar-refractivity contribution is -0.113. The van der Waals surface area contributed by atoms with Crippen LogP contribution >= 0.6 is 11.8 Å². The highest BCUT2D eigenvalue weighted by molar-refractivity contribution is 7.99. The number of nitrogens with one attached hydrogen (secondary N) is 1. The number of hydrogen-bond acceptors (Lipinski definition) is 6. The zero-order valence-corrected chi connectivity index (χ0v) is 21.0. The summed E-state index contributed by atoms with van der Waals surface area (Å²) in [5, 5.41) is 12.2. The van der Waals surface area contributed by atoms with E-state index in [1.165, 1.54) is 17.3 Å². The van der Waals surface area contributed by atoms with Crippen molar-refractivity contribution in [1.29, 1.82) is 0 Å². The summed E-state index contributed by atoms with van der Waals surface area (Å²) in [5.74, 6) is 2.68. The molecule has 0 atom stereocenters. The van der Waals surface area contributed by atoms with Gasteiger partial charge in [-0.25, -0.2) is 0 Å². The molecule has 1 heterocycles. The number of nitrogens with zero attached hydrogens (tertiary/aromatic N) is 3. The van der Waals surface area contributed by atoms with Crippen LogP contribution in [-0.4, -0.2) is 33.5 Å². The second-order valence-electron chi connectivity index (χ2n) is 8.17. The zero-order valence-electron chi connectivity index (χ0n) is 20.1. The number of anilines is 1. The maximum atomic E-state index is 12.5. The average Bonchev–Trinajstić information content (AvgIpc) is 3.18. The molecule has 0 saturated carbocycles. The van der Waals surface area contributed by atoms with Crippen LogP contribution in [0, 0.1) is 13.8 Å². The van der Waals surface area contributed by atoms with E-state index in [0.717, 1.165) is 22.7 Å². The van der Waals surface area contributed by atoms with E-state index >= 15 is 0 Å². The lowest BCUT2D eigenvalue weighted by Gasteiger charge is -2.15. The number of carbonyl (C=O) groups is 1. The molecule has 2 aromatic carbocycles. The first-order valence-corrected chi connectivity index (χ1v) is 12.0. The predicted molar refractivity (Wildman–Crippen MR) is 132 cm³/mol. The largest absolute Gasteiger partial charge is 0.495 e. The Bertz CT molecular complexity index is 1110. The van der Waals surface area contributed by atoms with Crippen LogP contribution in [0.25, 0.3) is 0 Å². The fourth-order valence-electron chi connectivity index (χ4n) is 3.47. The van der Waals surface area contributed by atoms with E-state index in [2.05, 4.69) is 54.5 Å². The van der Waals surface area contributed by atoms with E-state index in [-0.39, 0.29) is 11.7 Å². The zero-order chi connectivity index (χ0) is 24.0. The SMILES string of the molecule is CCn1c(COc2cc(C)ccc2C(C)C)nnc1SCC(=O)Nc1cc(C)ccc1OC. The Hall–Kier alpha value is -3.00. The van der Waals surface area contributed by atoms with Crippen molar-refractivity contribution in [2.24, 2.45) is 0 Å². The second-order valence-corrected chi connectivity index (χ2v) is 9.11. The smallest absolute Gasteiger partial charge is 0.234 e. The average molecular weight is 469 g/mol. The van der Waals surface area contributed by atoms with Crippen LogP contribution in [0.4, 0.5) is 5.69 Å². The van der Waals surface area contributed by atoms with Gasteiger partial charge in [-0.3, -0.25) is 4.79 Å². The van der Waals surface area contributed by atoms with E-state index in [4.69, 9.17) is 9.47 Å². The summed E-state index contributed by atoms with van der Waals surface area (Å²) >= 11 is 1.35. The quantitative estimate of drug-likeness (QED) is 0.404. The molecule has 0 bridgehead atoms. The van der Waals surface area contributed by atoms with Crippen molar-refractivity contribution in [3.05, 3.63) is 58.9 Å². The molecule has 0 aliphatic carbocycles. The molecule has 3 aromatic rings. The summed E-state index contributed by atoms with van der Waals surface area (Å²) in [4.78, 5) is 12.5. The van der Waals surface area contributed by atoms with Crippen molar-refractivity contribution in [2.45, 2.75) is 58.8 Å². The Morgan fingerprint density at radius 1 is 1.09 bits per heavy atom. The molecule has 3 rings (SSSR count). The molecule has 33 heavy (non-hydrogen) atoms. The van der Waals surface area contributed by atoms with Crippen LogP contribution in [0.15, 0.2) is 41.6 Å². The third-order valence-corrected chi connectivity index (χ3v) is 6.19. The molecule has 1 N–H and O–H groups in total. The van der Waals surface area contributed by atoms with Crippen molar-refractivity contribution in [1.82, 2.24) is 14.8 Å². The van der Waals surface area contributed by atoms with Gasteiger partial charge in [-0.15, -0.1) is 10.2 Å². The third kappa shape index (κ3) is 6.28. The van der Waals surface area contributed by atoms with Crippen LogP contribution in [-0.2, 0) is 17.9 Å². The molecule has 0 fully saturated rings. The summed E-state index contributed by atoms with van der Waals surface area (Å²) in [7, 11) is 1.59. The topological polar surface area (TPSA) is 78.3 Å². The molecular weight excluding hydrogens is 436 g/mol. The van der Waals surface area contributed by atoms with E-state index in [9.17, 15) is 4.79 Å². The number of amides is 1. The standard InChI is InChI=1S/C25H32N4O3S/c1-7-29-23(14-32-22-13-18(5)8-10-19(22)16(2)3)27-28-25(29)33-15-24(30)26-20-12-17(4)9-11-21(20)31-6/h8-13,16H,7,14-15H2,1-6H3,(H,26,30). The van der Waals surface area contributed by atoms with E-state index in [1.807, 2.05) is 36.6 Å². The molecule has 0 unspecified atom stereocenters. The summed E-state index contributed by atoms with van der Waals surface area (Å²) < 4.78 is 13.5. The van der Waals surface area contributed by atoms with Gasteiger partial charge >= 0.3 is 0 Å². The number of thioether (sulfide) groups is 1. The highest BCUT2D eigenvalue weighted by atomic mass is 32.2. The van der Waals surface area contributed by atoms with Crippen molar-refractivity contribution in [2.75, 3.05) is 18.2 Å². The fraction of sp³-hybridized carbons (Fsp3) is 0.400. The van der Waals surface area contributed by atoms with Gasteiger partial charge in [-0.1, -0.05) is 43.8 Å². The van der Waals surface area contributed by atoms with Gasteiger partial charge < -0.3 is 19.4 Å². The van der Waals surface area contributed by atoms with Gasteiger partial charge in [0.05, 0.1) is 18.6 Å². The summed E-state index contributed by atoms with van der Waals surface area (Å²) in [6, 6.07) is 11.9. The number of aromatic nitrogens is 3. The minimum absolute atomic E-state index is 0.131. The Morgan fingerprint density at radius 2 is 1.82 bits per heavy atom. The second kappa shape index (κ2) is 11.2. The van der Waals surface area contributed by atoms with Crippen molar-refractivity contribution in [3.8, 4) is 11.5 Å². The first kappa shape index (κ1) is 24.6. The Balaban J connectivity index is 1.65. The van der Waals surface area contributed by atoms with E-state index in [1.54, 1.807) is 7.11 Å². The number of hydrogen-bond donors (Lipinski definition) is 1. The number of carbonyl (C=O) groups excluding carboxylic acids is 1. The number of aryl methyl sites for hydroxylation is 2. The van der Waals surface area contributed by atoms with Crippen molar-refractivity contribution in [3.63, 3.8) is 0 Å². The maximum Gasteiger partial charge on any atom is 0.234 e. The molecule has 0 aliphatic heterocycles. The Labute approximate surface area is 199 Å². The highest BCUT2D eigenvalue weighted by Crippen LogP contribution is 2.29. The van der Waals surface area contributed by atoms with E-state index < -0.39 is 0 Å². The predicted octanol–water partition coefficient (Wildman–Crippen LogP) is 5.36.